The number of hydrogen-bond donors (Lipinski definition) is 1. The average molecular weight is 142 g/mol. The summed E-state index contributed by atoms with van der Waals surface area (Å²) in [4.78, 5) is 2.31. The van der Waals surface area contributed by atoms with Crippen LogP contribution in [0.2, 0.25) is 0 Å². The van der Waals surface area contributed by atoms with Crippen LogP contribution in [0.3, 0.4) is 0 Å². The highest BCUT2D eigenvalue weighted by Crippen LogP contribution is 2.12. The number of rotatable bonds is 1. The second-order valence-corrected chi connectivity index (χ2v) is 3.62. The summed E-state index contributed by atoms with van der Waals surface area (Å²) in [6, 6.07) is 0.753. The zero-order chi connectivity index (χ0) is 7.56. The Morgan fingerprint density at radius 1 is 1.30 bits per heavy atom. The van der Waals surface area contributed by atoms with E-state index in [-0.39, 0.29) is 0 Å². The van der Waals surface area contributed by atoms with Gasteiger partial charge in [0.05, 0.1) is 0 Å². The predicted molar refractivity (Wildman–Crippen MR) is 44.1 cm³/mol. The van der Waals surface area contributed by atoms with E-state index in [1.165, 1.54) is 13.0 Å². The van der Waals surface area contributed by atoms with Gasteiger partial charge in [-0.25, -0.2) is 0 Å². The van der Waals surface area contributed by atoms with Crippen LogP contribution in [0, 0.1) is 5.92 Å². The highest BCUT2D eigenvalue weighted by atomic mass is 15.1. The van der Waals surface area contributed by atoms with Crippen LogP contribution in [0.4, 0.5) is 0 Å². The molecule has 1 aliphatic rings. The molecular formula is C8H18N2. The maximum atomic E-state index is 3.42. The van der Waals surface area contributed by atoms with Crippen LogP contribution in [-0.2, 0) is 0 Å². The Morgan fingerprint density at radius 2 is 2.00 bits per heavy atom. The highest BCUT2D eigenvalue weighted by molar-refractivity contribution is 4.78. The predicted octanol–water partition coefficient (Wildman–Crippen LogP) is 0.546. The molecule has 1 fully saturated rings. The summed E-state index contributed by atoms with van der Waals surface area (Å²) in [6.07, 6.45) is 1.35. The lowest BCUT2D eigenvalue weighted by atomic mass is 9.97. The first kappa shape index (κ1) is 8.02. The number of nitrogens with zero attached hydrogens (tertiary/aromatic N) is 1. The Balaban J connectivity index is 2.32. The van der Waals surface area contributed by atoms with Gasteiger partial charge in [0.15, 0.2) is 0 Å². The van der Waals surface area contributed by atoms with Crippen molar-refractivity contribution in [2.45, 2.75) is 19.4 Å². The molecule has 1 saturated heterocycles. The van der Waals surface area contributed by atoms with E-state index < -0.39 is 0 Å². The quantitative estimate of drug-likeness (QED) is 0.575. The first-order chi connectivity index (χ1) is 4.70. The van der Waals surface area contributed by atoms with E-state index in [0.717, 1.165) is 18.5 Å². The first-order valence-corrected chi connectivity index (χ1v) is 4.07. The molecule has 0 aromatic carbocycles. The molecule has 2 heteroatoms. The molecule has 2 atom stereocenters. The Bertz CT molecular complexity index is 101. The smallest absolute Gasteiger partial charge is 0.0217 e. The van der Waals surface area contributed by atoms with Crippen molar-refractivity contribution in [2.24, 2.45) is 5.92 Å². The molecule has 0 amide bonds. The normalized spacial score (nSPS) is 34.8. The molecule has 0 aromatic rings. The minimum Gasteiger partial charge on any atom is -0.315 e. The summed E-state index contributed by atoms with van der Waals surface area (Å²) in [5, 5.41) is 3.42. The fourth-order valence-electron chi connectivity index (χ4n) is 1.52. The van der Waals surface area contributed by atoms with Gasteiger partial charge in [0.25, 0.3) is 0 Å². The molecule has 1 rings (SSSR count). The zero-order valence-electron chi connectivity index (χ0n) is 7.22. The van der Waals surface area contributed by atoms with Gasteiger partial charge in [-0.1, -0.05) is 6.92 Å². The molecule has 0 spiro atoms. The van der Waals surface area contributed by atoms with Crippen molar-refractivity contribution in [1.82, 2.24) is 10.2 Å². The number of hydrogen-bond acceptors (Lipinski definition) is 2. The molecule has 0 aliphatic carbocycles. The van der Waals surface area contributed by atoms with E-state index in [4.69, 9.17) is 0 Å². The molecule has 1 N–H and O–H groups in total. The van der Waals surface area contributed by atoms with Crippen LogP contribution in [0.15, 0.2) is 0 Å². The van der Waals surface area contributed by atoms with E-state index in [2.05, 4.69) is 31.2 Å². The van der Waals surface area contributed by atoms with Gasteiger partial charge in [0, 0.05) is 12.6 Å². The molecule has 0 aromatic heterocycles. The second-order valence-electron chi connectivity index (χ2n) is 3.62. The third-order valence-corrected chi connectivity index (χ3v) is 2.28. The SMILES string of the molecule is C[C@@H]1CNC[C@H](N(C)C)C1. The Morgan fingerprint density at radius 3 is 2.40 bits per heavy atom. The first-order valence-electron chi connectivity index (χ1n) is 4.07. The minimum absolute atomic E-state index is 0.753. The molecule has 0 saturated carbocycles. The third kappa shape index (κ3) is 1.96. The van der Waals surface area contributed by atoms with Gasteiger partial charge >= 0.3 is 0 Å². The van der Waals surface area contributed by atoms with Crippen LogP contribution in [0.1, 0.15) is 13.3 Å². The Labute approximate surface area is 63.6 Å². The van der Waals surface area contributed by atoms with Crippen LogP contribution < -0.4 is 5.32 Å². The Kier molecular flexibility index (Phi) is 2.69. The maximum Gasteiger partial charge on any atom is 0.0217 e. The zero-order valence-corrected chi connectivity index (χ0v) is 7.22. The van der Waals surface area contributed by atoms with Crippen molar-refractivity contribution in [3.05, 3.63) is 0 Å². The third-order valence-electron chi connectivity index (χ3n) is 2.28. The van der Waals surface area contributed by atoms with Gasteiger partial charge in [-0.2, -0.15) is 0 Å². The summed E-state index contributed by atoms with van der Waals surface area (Å²) < 4.78 is 0. The molecule has 0 bridgehead atoms. The molecule has 10 heavy (non-hydrogen) atoms. The summed E-state index contributed by atoms with van der Waals surface area (Å²) in [6.45, 7) is 4.67. The van der Waals surface area contributed by atoms with Crippen LogP contribution in [-0.4, -0.2) is 38.1 Å². The van der Waals surface area contributed by atoms with E-state index in [1.54, 1.807) is 0 Å². The van der Waals surface area contributed by atoms with Gasteiger partial charge in [0.2, 0.25) is 0 Å². The molecule has 0 radical (unpaired) electrons. The van der Waals surface area contributed by atoms with E-state index in [0.29, 0.717) is 0 Å². The van der Waals surface area contributed by atoms with E-state index in [9.17, 15) is 0 Å². The molecule has 1 aliphatic heterocycles. The lowest BCUT2D eigenvalue weighted by Crippen LogP contribution is -2.45. The van der Waals surface area contributed by atoms with Crippen molar-refractivity contribution < 1.29 is 0 Å². The van der Waals surface area contributed by atoms with Crippen molar-refractivity contribution in [1.29, 1.82) is 0 Å². The minimum atomic E-state index is 0.753. The van der Waals surface area contributed by atoms with E-state index in [1.807, 2.05) is 0 Å². The standard InChI is InChI=1S/C8H18N2/c1-7-4-8(10(2)3)6-9-5-7/h7-9H,4-6H2,1-3H3/t7-,8+/m0/s1. The molecule has 0 unspecified atom stereocenters. The number of nitrogens with one attached hydrogen (secondary N) is 1. The lowest BCUT2D eigenvalue weighted by molar-refractivity contribution is 0.208. The van der Waals surface area contributed by atoms with Crippen molar-refractivity contribution in [2.75, 3.05) is 27.2 Å². The summed E-state index contributed by atoms with van der Waals surface area (Å²) in [7, 11) is 4.31. The maximum absolute atomic E-state index is 3.42. The van der Waals surface area contributed by atoms with Gasteiger partial charge < -0.3 is 10.2 Å². The molecule has 1 heterocycles. The van der Waals surface area contributed by atoms with Crippen molar-refractivity contribution >= 4 is 0 Å². The summed E-state index contributed by atoms with van der Waals surface area (Å²) in [5.41, 5.74) is 0. The largest absolute Gasteiger partial charge is 0.315 e. The van der Waals surface area contributed by atoms with Gasteiger partial charge in [-0.3, -0.25) is 0 Å². The fourth-order valence-corrected chi connectivity index (χ4v) is 1.52. The summed E-state index contributed by atoms with van der Waals surface area (Å²) in [5.74, 6) is 0.848. The van der Waals surface area contributed by atoms with Gasteiger partial charge in [-0.05, 0) is 33.0 Å². The number of likely N-dealkylation sites (N-methyl/N-ethyl adjacent to an activating group) is 1. The molecule has 2 nitrogen and oxygen atoms in total. The van der Waals surface area contributed by atoms with Crippen molar-refractivity contribution in [3.8, 4) is 0 Å². The Hall–Kier alpha value is -0.0800. The highest BCUT2D eigenvalue weighted by Gasteiger charge is 2.19. The average Bonchev–Trinajstić information content (AvgIpc) is 1.88. The van der Waals surface area contributed by atoms with Gasteiger partial charge in [-0.15, -0.1) is 0 Å². The second kappa shape index (κ2) is 3.35. The molecule has 60 valence electrons. The van der Waals surface area contributed by atoms with Crippen LogP contribution in [0.25, 0.3) is 0 Å². The topological polar surface area (TPSA) is 15.3 Å². The van der Waals surface area contributed by atoms with E-state index >= 15 is 0 Å². The monoisotopic (exact) mass is 142 g/mol. The lowest BCUT2D eigenvalue weighted by Gasteiger charge is -2.32. The van der Waals surface area contributed by atoms with Gasteiger partial charge in [0.1, 0.15) is 0 Å². The molecular weight excluding hydrogens is 124 g/mol. The fraction of sp³-hybridized carbons (Fsp3) is 1.00. The van der Waals surface area contributed by atoms with Crippen molar-refractivity contribution in [3.63, 3.8) is 0 Å². The number of piperidine rings is 1. The van der Waals surface area contributed by atoms with Crippen LogP contribution >= 0.6 is 0 Å². The van der Waals surface area contributed by atoms with Crippen LogP contribution in [0.5, 0.6) is 0 Å². The summed E-state index contributed by atoms with van der Waals surface area (Å²) >= 11 is 0.